The summed E-state index contributed by atoms with van der Waals surface area (Å²) in [7, 11) is -2.22. The van der Waals surface area contributed by atoms with Crippen LogP contribution in [0.4, 0.5) is 5.69 Å². The SMILES string of the molecule is CC[C@H](C(=O)NCCSC(C)(C)C)N(c1ccc(OC)c(Cl)c1)S(C)(=O)=O. The third kappa shape index (κ3) is 7.43. The highest BCUT2D eigenvalue weighted by molar-refractivity contribution is 8.00. The lowest BCUT2D eigenvalue weighted by Crippen LogP contribution is -2.49. The van der Waals surface area contributed by atoms with Crippen molar-refractivity contribution in [1.82, 2.24) is 5.32 Å². The molecule has 1 aromatic carbocycles. The Balaban J connectivity index is 3.03. The Hall–Kier alpha value is -1.12. The van der Waals surface area contributed by atoms with Gasteiger partial charge in [-0.05, 0) is 24.6 Å². The van der Waals surface area contributed by atoms with E-state index in [0.29, 0.717) is 24.4 Å². The van der Waals surface area contributed by atoms with Crippen molar-refractivity contribution in [2.75, 3.05) is 30.0 Å². The van der Waals surface area contributed by atoms with Crippen LogP contribution in [0, 0.1) is 0 Å². The number of carbonyl (C=O) groups excluding carboxylic acids is 1. The van der Waals surface area contributed by atoms with Crippen LogP contribution in [0.2, 0.25) is 5.02 Å². The highest BCUT2D eigenvalue weighted by Crippen LogP contribution is 2.31. The van der Waals surface area contributed by atoms with E-state index in [-0.39, 0.29) is 15.7 Å². The number of halogens is 1. The predicted octanol–water partition coefficient (Wildman–Crippen LogP) is 3.54. The number of thioether (sulfide) groups is 1. The second kappa shape index (κ2) is 9.89. The molecule has 1 rings (SSSR count). The van der Waals surface area contributed by atoms with Gasteiger partial charge in [-0.3, -0.25) is 9.10 Å². The standard InChI is InChI=1S/C18H29ClN2O4S2/c1-7-15(17(22)20-10-11-26-18(2,3)4)21(27(6,23)24)13-8-9-16(25-5)14(19)12-13/h8-9,12,15H,7,10-11H2,1-6H3,(H,20,22)/t15-/m1/s1. The van der Waals surface area contributed by atoms with E-state index in [2.05, 4.69) is 26.1 Å². The minimum atomic E-state index is -3.70. The molecule has 0 saturated heterocycles. The van der Waals surface area contributed by atoms with Crippen LogP contribution in [0.15, 0.2) is 18.2 Å². The molecule has 6 nitrogen and oxygen atoms in total. The lowest BCUT2D eigenvalue weighted by Gasteiger charge is -2.30. The molecule has 0 radical (unpaired) electrons. The predicted molar refractivity (Wildman–Crippen MR) is 115 cm³/mol. The summed E-state index contributed by atoms with van der Waals surface area (Å²) in [5, 5.41) is 3.12. The molecule has 0 saturated carbocycles. The molecule has 0 heterocycles. The molecule has 1 amide bonds. The molecule has 0 aliphatic carbocycles. The molecular formula is C18H29ClN2O4S2. The van der Waals surface area contributed by atoms with Crippen molar-refractivity contribution in [2.24, 2.45) is 0 Å². The zero-order chi connectivity index (χ0) is 20.8. The van der Waals surface area contributed by atoms with Crippen LogP contribution in [-0.2, 0) is 14.8 Å². The van der Waals surface area contributed by atoms with E-state index < -0.39 is 16.1 Å². The Bertz CT molecular complexity index is 748. The Morgan fingerprint density at radius 3 is 2.44 bits per heavy atom. The number of nitrogens with one attached hydrogen (secondary N) is 1. The lowest BCUT2D eigenvalue weighted by atomic mass is 10.2. The molecule has 0 spiro atoms. The van der Waals surface area contributed by atoms with E-state index in [4.69, 9.17) is 16.3 Å². The van der Waals surface area contributed by atoms with Crippen molar-refractivity contribution < 1.29 is 17.9 Å². The zero-order valence-corrected chi connectivity index (χ0v) is 19.1. The minimum Gasteiger partial charge on any atom is -0.495 e. The zero-order valence-electron chi connectivity index (χ0n) is 16.7. The molecule has 9 heteroatoms. The average molecular weight is 437 g/mol. The fourth-order valence-corrected chi connectivity index (χ4v) is 4.77. The van der Waals surface area contributed by atoms with Gasteiger partial charge in [-0.1, -0.05) is 39.3 Å². The van der Waals surface area contributed by atoms with Crippen molar-refractivity contribution in [3.63, 3.8) is 0 Å². The monoisotopic (exact) mass is 436 g/mol. The topological polar surface area (TPSA) is 75.7 Å². The molecule has 0 bridgehead atoms. The lowest BCUT2D eigenvalue weighted by molar-refractivity contribution is -0.122. The quantitative estimate of drug-likeness (QED) is 0.599. The van der Waals surface area contributed by atoms with Gasteiger partial charge in [0.2, 0.25) is 15.9 Å². The fourth-order valence-electron chi connectivity index (χ4n) is 2.50. The second-order valence-corrected chi connectivity index (χ2v) is 11.2. The first-order valence-corrected chi connectivity index (χ1v) is 11.9. The third-order valence-electron chi connectivity index (χ3n) is 3.66. The molecule has 0 aliphatic rings. The van der Waals surface area contributed by atoms with Crippen molar-refractivity contribution >= 4 is 45.0 Å². The molecule has 0 aliphatic heterocycles. The van der Waals surface area contributed by atoms with E-state index in [9.17, 15) is 13.2 Å². The van der Waals surface area contributed by atoms with E-state index in [1.54, 1.807) is 30.8 Å². The van der Waals surface area contributed by atoms with Crippen molar-refractivity contribution in [3.8, 4) is 5.75 Å². The molecule has 27 heavy (non-hydrogen) atoms. The highest BCUT2D eigenvalue weighted by atomic mass is 35.5. The van der Waals surface area contributed by atoms with Gasteiger partial charge in [0.15, 0.2) is 0 Å². The molecule has 1 atom stereocenters. The Labute approximate surface area is 172 Å². The van der Waals surface area contributed by atoms with Crippen molar-refractivity contribution in [3.05, 3.63) is 23.2 Å². The molecule has 0 unspecified atom stereocenters. The van der Waals surface area contributed by atoms with Crippen LogP contribution in [0.1, 0.15) is 34.1 Å². The summed E-state index contributed by atoms with van der Waals surface area (Å²) in [5.74, 6) is 0.855. The summed E-state index contributed by atoms with van der Waals surface area (Å²) in [6.07, 6.45) is 1.41. The normalized spacial score (nSPS) is 13.1. The van der Waals surface area contributed by atoms with Gasteiger partial charge in [0.25, 0.3) is 0 Å². The van der Waals surface area contributed by atoms with Gasteiger partial charge in [0, 0.05) is 17.0 Å². The van der Waals surface area contributed by atoms with Gasteiger partial charge in [0.05, 0.1) is 24.1 Å². The number of nitrogens with zero attached hydrogens (tertiary/aromatic N) is 1. The number of amides is 1. The number of rotatable bonds is 9. The number of benzene rings is 1. The van der Waals surface area contributed by atoms with Gasteiger partial charge >= 0.3 is 0 Å². The largest absolute Gasteiger partial charge is 0.495 e. The van der Waals surface area contributed by atoms with E-state index in [1.165, 1.54) is 13.2 Å². The van der Waals surface area contributed by atoms with Gasteiger partial charge in [-0.2, -0.15) is 11.8 Å². The average Bonchev–Trinajstić information content (AvgIpc) is 2.54. The summed E-state index contributed by atoms with van der Waals surface area (Å²) in [4.78, 5) is 12.7. The summed E-state index contributed by atoms with van der Waals surface area (Å²) < 4.78 is 31.2. The van der Waals surface area contributed by atoms with Crippen LogP contribution in [0.25, 0.3) is 0 Å². The van der Waals surface area contributed by atoms with Crippen molar-refractivity contribution in [1.29, 1.82) is 0 Å². The Morgan fingerprint density at radius 2 is 2.00 bits per heavy atom. The maximum atomic E-state index is 12.7. The number of carbonyl (C=O) groups is 1. The maximum Gasteiger partial charge on any atom is 0.243 e. The number of hydrogen-bond donors (Lipinski definition) is 1. The van der Waals surface area contributed by atoms with Gasteiger partial charge in [-0.15, -0.1) is 0 Å². The molecule has 0 aromatic heterocycles. The fraction of sp³-hybridized carbons (Fsp3) is 0.611. The Kier molecular flexibility index (Phi) is 8.76. The smallest absolute Gasteiger partial charge is 0.243 e. The van der Waals surface area contributed by atoms with Crippen LogP contribution in [-0.4, -0.2) is 50.8 Å². The van der Waals surface area contributed by atoms with Gasteiger partial charge in [-0.25, -0.2) is 8.42 Å². The minimum absolute atomic E-state index is 0.105. The molecular weight excluding hydrogens is 408 g/mol. The van der Waals surface area contributed by atoms with Crippen LogP contribution in [0.3, 0.4) is 0 Å². The molecule has 1 N–H and O–H groups in total. The number of sulfonamides is 1. The van der Waals surface area contributed by atoms with E-state index in [1.807, 2.05) is 0 Å². The van der Waals surface area contributed by atoms with Crippen molar-refractivity contribution in [2.45, 2.75) is 44.9 Å². The van der Waals surface area contributed by atoms with Crippen LogP contribution < -0.4 is 14.4 Å². The first kappa shape index (κ1) is 23.9. The third-order valence-corrected chi connectivity index (χ3v) is 6.41. The Morgan fingerprint density at radius 1 is 1.37 bits per heavy atom. The maximum absolute atomic E-state index is 12.7. The van der Waals surface area contributed by atoms with Gasteiger partial charge in [0.1, 0.15) is 11.8 Å². The molecule has 154 valence electrons. The molecule has 0 fully saturated rings. The first-order chi connectivity index (χ1) is 12.4. The number of hydrogen-bond acceptors (Lipinski definition) is 5. The summed E-state index contributed by atoms with van der Waals surface area (Å²) in [6.45, 7) is 8.56. The summed E-state index contributed by atoms with van der Waals surface area (Å²) >= 11 is 7.88. The highest BCUT2D eigenvalue weighted by Gasteiger charge is 2.31. The number of methoxy groups -OCH3 is 1. The first-order valence-electron chi connectivity index (χ1n) is 8.65. The second-order valence-electron chi connectivity index (χ2n) is 7.05. The number of anilines is 1. The van der Waals surface area contributed by atoms with Crippen LogP contribution in [0.5, 0.6) is 5.75 Å². The summed E-state index contributed by atoms with van der Waals surface area (Å²) in [6, 6.07) is 3.80. The van der Waals surface area contributed by atoms with E-state index >= 15 is 0 Å². The van der Waals surface area contributed by atoms with E-state index in [0.717, 1.165) is 16.3 Å². The summed E-state index contributed by atoms with van der Waals surface area (Å²) in [5.41, 5.74) is 0.328. The molecule has 1 aromatic rings. The van der Waals surface area contributed by atoms with Gasteiger partial charge < -0.3 is 10.1 Å². The van der Waals surface area contributed by atoms with Crippen LogP contribution >= 0.6 is 23.4 Å². The number of ether oxygens (including phenoxy) is 1.